The van der Waals surface area contributed by atoms with Crippen LogP contribution in [0.15, 0.2) is 36.4 Å². The third-order valence-corrected chi connectivity index (χ3v) is 4.85. The van der Waals surface area contributed by atoms with Crippen LogP contribution in [0.2, 0.25) is 0 Å². The fourth-order valence-corrected chi connectivity index (χ4v) is 3.63. The number of fused-ring (bicyclic) bond motifs is 1. The molecular formula is C14H8N2O2S2. The summed E-state index contributed by atoms with van der Waals surface area (Å²) in [6.07, 6.45) is 0. The highest BCUT2D eigenvalue weighted by atomic mass is 32.1. The summed E-state index contributed by atoms with van der Waals surface area (Å²) in [5.74, 6) is -0.469. The van der Waals surface area contributed by atoms with E-state index in [1.807, 2.05) is 30.3 Å². The predicted octanol–water partition coefficient (Wildman–Crippen LogP) is 3.71. The highest BCUT2D eigenvalue weighted by Crippen LogP contribution is 2.34. The van der Waals surface area contributed by atoms with E-state index in [1.165, 1.54) is 11.3 Å². The second-order valence-corrected chi connectivity index (χ2v) is 6.00. The van der Waals surface area contributed by atoms with Gasteiger partial charge in [-0.3, -0.25) is 0 Å². The third kappa shape index (κ3) is 2.41. The Hall–Kier alpha value is -2.23. The van der Waals surface area contributed by atoms with Crippen LogP contribution in [-0.2, 0) is 4.74 Å². The molecule has 0 N–H and O–H groups in total. The molecule has 3 aromatic rings. The minimum atomic E-state index is -0.469. The number of para-hydroxylation sites is 1. The molecule has 0 fully saturated rings. The van der Waals surface area contributed by atoms with Crippen molar-refractivity contribution in [3.63, 3.8) is 0 Å². The Morgan fingerprint density at radius 2 is 2.10 bits per heavy atom. The molecule has 2 heterocycles. The van der Waals surface area contributed by atoms with Gasteiger partial charge in [-0.05, 0) is 24.3 Å². The number of nitriles is 1. The molecule has 98 valence electrons. The van der Waals surface area contributed by atoms with Gasteiger partial charge >= 0.3 is 5.97 Å². The molecule has 0 atom stereocenters. The molecule has 4 nitrogen and oxygen atoms in total. The summed E-state index contributed by atoms with van der Waals surface area (Å²) in [6.45, 7) is -0.229. The highest BCUT2D eigenvalue weighted by Gasteiger charge is 2.13. The topological polar surface area (TPSA) is 63.0 Å². The standard InChI is InChI=1S/C14H8N2O2S2/c15-7-8-18-14(17)12-6-5-11(19-12)13-16-9-3-1-2-4-10(9)20-13/h1-6H,8H2. The first kappa shape index (κ1) is 12.8. The number of hydrogen-bond donors (Lipinski definition) is 0. The molecule has 0 saturated heterocycles. The number of aromatic nitrogens is 1. The molecule has 0 bridgehead atoms. The fraction of sp³-hybridized carbons (Fsp3) is 0.0714. The van der Waals surface area contributed by atoms with Crippen LogP contribution in [-0.4, -0.2) is 17.6 Å². The summed E-state index contributed by atoms with van der Waals surface area (Å²) >= 11 is 2.91. The van der Waals surface area contributed by atoms with Gasteiger partial charge in [-0.2, -0.15) is 5.26 Å². The number of rotatable bonds is 3. The Morgan fingerprint density at radius 1 is 1.25 bits per heavy atom. The van der Waals surface area contributed by atoms with E-state index < -0.39 is 5.97 Å². The van der Waals surface area contributed by atoms with Crippen LogP contribution in [0.4, 0.5) is 0 Å². The maximum Gasteiger partial charge on any atom is 0.349 e. The minimum absolute atomic E-state index is 0.229. The third-order valence-electron chi connectivity index (χ3n) is 2.58. The van der Waals surface area contributed by atoms with Gasteiger partial charge in [0.15, 0.2) is 6.61 Å². The molecule has 1 aromatic carbocycles. The molecule has 2 aromatic heterocycles. The number of carbonyl (C=O) groups is 1. The van der Waals surface area contributed by atoms with Crippen LogP contribution in [0.1, 0.15) is 9.67 Å². The van der Waals surface area contributed by atoms with Gasteiger partial charge in [0.25, 0.3) is 0 Å². The van der Waals surface area contributed by atoms with Gasteiger partial charge in [-0.15, -0.1) is 22.7 Å². The van der Waals surface area contributed by atoms with Gasteiger partial charge in [0.05, 0.1) is 15.1 Å². The summed E-state index contributed by atoms with van der Waals surface area (Å²) in [6, 6.07) is 13.2. The number of carbonyl (C=O) groups excluding carboxylic acids is 1. The van der Waals surface area contributed by atoms with Gasteiger partial charge < -0.3 is 4.74 Å². The van der Waals surface area contributed by atoms with E-state index >= 15 is 0 Å². The number of esters is 1. The summed E-state index contributed by atoms with van der Waals surface area (Å²) in [7, 11) is 0. The van der Waals surface area contributed by atoms with E-state index in [1.54, 1.807) is 23.5 Å². The lowest BCUT2D eigenvalue weighted by atomic mass is 10.3. The predicted molar refractivity (Wildman–Crippen MR) is 78.8 cm³/mol. The van der Waals surface area contributed by atoms with Gasteiger partial charge in [0.1, 0.15) is 16.0 Å². The van der Waals surface area contributed by atoms with Crippen molar-refractivity contribution in [3.8, 4) is 16.0 Å². The summed E-state index contributed by atoms with van der Waals surface area (Å²) < 4.78 is 5.89. The van der Waals surface area contributed by atoms with Crippen LogP contribution in [0.3, 0.4) is 0 Å². The number of thiazole rings is 1. The van der Waals surface area contributed by atoms with Crippen molar-refractivity contribution in [2.24, 2.45) is 0 Å². The molecule has 0 amide bonds. The summed E-state index contributed by atoms with van der Waals surface area (Å²) in [4.78, 5) is 17.6. The molecule has 0 radical (unpaired) electrons. The van der Waals surface area contributed by atoms with Crippen LogP contribution >= 0.6 is 22.7 Å². The maximum absolute atomic E-state index is 11.6. The average molecular weight is 300 g/mol. The number of nitrogens with zero attached hydrogens (tertiary/aromatic N) is 2. The van der Waals surface area contributed by atoms with Crippen molar-refractivity contribution in [1.82, 2.24) is 4.98 Å². The van der Waals surface area contributed by atoms with E-state index in [0.717, 1.165) is 20.1 Å². The summed E-state index contributed by atoms with van der Waals surface area (Å²) in [5.41, 5.74) is 0.953. The van der Waals surface area contributed by atoms with Gasteiger partial charge in [0.2, 0.25) is 0 Å². The highest BCUT2D eigenvalue weighted by molar-refractivity contribution is 7.26. The zero-order chi connectivity index (χ0) is 13.9. The Bertz CT molecular complexity index is 781. The monoisotopic (exact) mass is 300 g/mol. The smallest absolute Gasteiger partial charge is 0.349 e. The molecule has 0 aliphatic rings. The van der Waals surface area contributed by atoms with Crippen molar-refractivity contribution in [2.45, 2.75) is 0 Å². The van der Waals surface area contributed by atoms with Crippen LogP contribution < -0.4 is 0 Å². The molecule has 0 aliphatic carbocycles. The van der Waals surface area contributed by atoms with Crippen molar-refractivity contribution in [3.05, 3.63) is 41.3 Å². The van der Waals surface area contributed by atoms with Crippen molar-refractivity contribution in [1.29, 1.82) is 5.26 Å². The Morgan fingerprint density at radius 3 is 2.90 bits per heavy atom. The minimum Gasteiger partial charge on any atom is -0.446 e. The Kier molecular flexibility index (Phi) is 3.46. The normalized spacial score (nSPS) is 10.3. The molecule has 0 unspecified atom stereocenters. The van der Waals surface area contributed by atoms with Crippen LogP contribution in [0.25, 0.3) is 20.1 Å². The average Bonchev–Trinajstić information content (AvgIpc) is 3.10. The molecular weight excluding hydrogens is 292 g/mol. The summed E-state index contributed by atoms with van der Waals surface area (Å²) in [5, 5.41) is 9.28. The number of ether oxygens (including phenoxy) is 1. The second kappa shape index (κ2) is 5.41. The van der Waals surface area contributed by atoms with Crippen molar-refractivity contribution < 1.29 is 9.53 Å². The Balaban J connectivity index is 1.89. The van der Waals surface area contributed by atoms with E-state index in [4.69, 9.17) is 10.00 Å². The first-order valence-electron chi connectivity index (χ1n) is 5.78. The first-order chi connectivity index (χ1) is 9.78. The number of hydrogen-bond acceptors (Lipinski definition) is 6. The van der Waals surface area contributed by atoms with Gasteiger partial charge in [-0.25, -0.2) is 9.78 Å². The molecule has 0 saturated carbocycles. The van der Waals surface area contributed by atoms with Gasteiger partial charge in [0, 0.05) is 0 Å². The first-order valence-corrected chi connectivity index (χ1v) is 7.41. The lowest BCUT2D eigenvalue weighted by Crippen LogP contribution is -2.02. The van der Waals surface area contributed by atoms with Crippen molar-refractivity contribution >= 4 is 38.9 Å². The van der Waals surface area contributed by atoms with Gasteiger partial charge in [-0.1, -0.05) is 12.1 Å². The molecule has 0 aliphatic heterocycles. The van der Waals surface area contributed by atoms with Crippen molar-refractivity contribution in [2.75, 3.05) is 6.61 Å². The second-order valence-electron chi connectivity index (χ2n) is 3.88. The zero-order valence-electron chi connectivity index (χ0n) is 10.2. The maximum atomic E-state index is 11.6. The molecule has 3 rings (SSSR count). The van der Waals surface area contributed by atoms with E-state index in [-0.39, 0.29) is 6.61 Å². The zero-order valence-corrected chi connectivity index (χ0v) is 11.8. The van der Waals surface area contributed by atoms with E-state index in [2.05, 4.69) is 4.98 Å². The molecule has 0 spiro atoms. The lowest BCUT2D eigenvalue weighted by Gasteiger charge is -1.94. The lowest BCUT2D eigenvalue weighted by molar-refractivity contribution is 0.0560. The van der Waals surface area contributed by atoms with E-state index in [9.17, 15) is 4.79 Å². The molecule has 20 heavy (non-hydrogen) atoms. The molecule has 6 heteroatoms. The van der Waals surface area contributed by atoms with Crippen LogP contribution in [0, 0.1) is 11.3 Å². The number of benzene rings is 1. The Labute approximate surface area is 122 Å². The fourth-order valence-electron chi connectivity index (χ4n) is 1.71. The largest absolute Gasteiger partial charge is 0.446 e. The van der Waals surface area contributed by atoms with E-state index in [0.29, 0.717) is 4.88 Å². The SMILES string of the molecule is N#CCOC(=O)c1ccc(-c2nc3ccccc3s2)s1. The quantitative estimate of drug-likeness (QED) is 0.692. The number of thiophene rings is 1. The van der Waals surface area contributed by atoms with Crippen LogP contribution in [0.5, 0.6) is 0 Å².